The number of hydrogen-bond donors (Lipinski definition) is 0. The SMILES string of the molecule is Cc1cc(-n2cnnn2)nnc1C=O. The molecule has 0 aliphatic heterocycles. The van der Waals surface area contributed by atoms with Crippen LogP contribution in [0.15, 0.2) is 12.4 Å². The van der Waals surface area contributed by atoms with Crippen molar-refractivity contribution in [3.05, 3.63) is 23.7 Å². The van der Waals surface area contributed by atoms with Gasteiger partial charge in [-0.15, -0.1) is 15.3 Å². The van der Waals surface area contributed by atoms with Gasteiger partial charge in [0.25, 0.3) is 0 Å². The van der Waals surface area contributed by atoms with E-state index in [1.165, 1.54) is 11.0 Å². The predicted octanol–water partition coefficient (Wildman–Crippen LogP) is -0.427. The highest BCUT2D eigenvalue weighted by atomic mass is 16.1. The predicted molar refractivity (Wildman–Crippen MR) is 44.9 cm³/mol. The summed E-state index contributed by atoms with van der Waals surface area (Å²) in [6.45, 7) is 1.77. The second-order valence-corrected chi connectivity index (χ2v) is 2.64. The van der Waals surface area contributed by atoms with Crippen LogP contribution in [0, 0.1) is 6.92 Å². The van der Waals surface area contributed by atoms with Gasteiger partial charge in [-0.25, -0.2) is 0 Å². The Morgan fingerprint density at radius 1 is 1.43 bits per heavy atom. The molecule has 2 aromatic heterocycles. The lowest BCUT2D eigenvalue weighted by molar-refractivity contribution is 0.111. The van der Waals surface area contributed by atoms with Crippen LogP contribution in [-0.4, -0.2) is 36.7 Å². The second kappa shape index (κ2) is 3.29. The van der Waals surface area contributed by atoms with E-state index in [0.29, 0.717) is 17.8 Å². The van der Waals surface area contributed by atoms with Gasteiger partial charge in [0, 0.05) is 0 Å². The summed E-state index contributed by atoms with van der Waals surface area (Å²) in [6.07, 6.45) is 2.07. The van der Waals surface area contributed by atoms with Gasteiger partial charge < -0.3 is 0 Å². The molecule has 0 aliphatic carbocycles. The van der Waals surface area contributed by atoms with Crippen LogP contribution in [-0.2, 0) is 0 Å². The Labute approximate surface area is 78.8 Å². The fourth-order valence-electron chi connectivity index (χ4n) is 0.975. The van der Waals surface area contributed by atoms with E-state index in [-0.39, 0.29) is 0 Å². The van der Waals surface area contributed by atoms with E-state index in [9.17, 15) is 4.79 Å². The summed E-state index contributed by atoms with van der Waals surface area (Å²) in [5.41, 5.74) is 1.06. The zero-order chi connectivity index (χ0) is 9.97. The topological polar surface area (TPSA) is 86.4 Å². The first-order valence-corrected chi connectivity index (χ1v) is 3.84. The zero-order valence-corrected chi connectivity index (χ0v) is 7.32. The molecule has 0 saturated carbocycles. The van der Waals surface area contributed by atoms with Gasteiger partial charge in [-0.05, 0) is 29.0 Å². The van der Waals surface area contributed by atoms with Crippen molar-refractivity contribution < 1.29 is 4.79 Å². The number of aryl methyl sites for hydroxylation is 1. The largest absolute Gasteiger partial charge is 0.296 e. The summed E-state index contributed by atoms with van der Waals surface area (Å²) in [6, 6.07) is 1.69. The van der Waals surface area contributed by atoms with Crippen LogP contribution in [0.2, 0.25) is 0 Å². The highest BCUT2D eigenvalue weighted by Gasteiger charge is 2.04. The summed E-state index contributed by atoms with van der Waals surface area (Å²) < 4.78 is 1.37. The van der Waals surface area contributed by atoms with Crippen molar-refractivity contribution in [1.82, 2.24) is 30.4 Å². The number of aromatic nitrogens is 6. The average molecular weight is 190 g/mol. The van der Waals surface area contributed by atoms with Crippen LogP contribution in [0.1, 0.15) is 16.1 Å². The molecule has 70 valence electrons. The van der Waals surface area contributed by atoms with Gasteiger partial charge in [-0.2, -0.15) is 4.68 Å². The van der Waals surface area contributed by atoms with E-state index in [1.807, 2.05) is 0 Å². The molecule has 2 heterocycles. The molecular formula is C7H6N6O. The third-order valence-corrected chi connectivity index (χ3v) is 1.71. The van der Waals surface area contributed by atoms with E-state index in [1.54, 1.807) is 13.0 Å². The molecule has 0 spiro atoms. The molecule has 0 unspecified atom stereocenters. The number of hydrogen-bond acceptors (Lipinski definition) is 6. The first-order chi connectivity index (χ1) is 6.81. The Morgan fingerprint density at radius 2 is 2.29 bits per heavy atom. The molecule has 2 aromatic rings. The van der Waals surface area contributed by atoms with Crippen LogP contribution in [0.4, 0.5) is 0 Å². The van der Waals surface area contributed by atoms with Gasteiger partial charge in [-0.1, -0.05) is 0 Å². The van der Waals surface area contributed by atoms with Crippen molar-refractivity contribution >= 4 is 6.29 Å². The minimum absolute atomic E-state index is 0.321. The molecule has 7 heteroatoms. The molecule has 2 rings (SSSR count). The smallest absolute Gasteiger partial charge is 0.179 e. The van der Waals surface area contributed by atoms with Crippen molar-refractivity contribution in [2.45, 2.75) is 6.92 Å². The maximum absolute atomic E-state index is 10.5. The Kier molecular flexibility index (Phi) is 1.98. The van der Waals surface area contributed by atoms with Crippen LogP contribution in [0.5, 0.6) is 0 Å². The van der Waals surface area contributed by atoms with Crippen molar-refractivity contribution in [3.63, 3.8) is 0 Å². The fourth-order valence-corrected chi connectivity index (χ4v) is 0.975. The van der Waals surface area contributed by atoms with Crippen molar-refractivity contribution in [1.29, 1.82) is 0 Å². The fraction of sp³-hybridized carbons (Fsp3) is 0.143. The lowest BCUT2D eigenvalue weighted by Gasteiger charge is -1.99. The third kappa shape index (κ3) is 1.35. The van der Waals surface area contributed by atoms with Crippen molar-refractivity contribution in [3.8, 4) is 5.82 Å². The number of tetrazole rings is 1. The minimum atomic E-state index is 0.321. The van der Waals surface area contributed by atoms with Crippen LogP contribution >= 0.6 is 0 Å². The Balaban J connectivity index is 2.48. The second-order valence-electron chi connectivity index (χ2n) is 2.64. The molecule has 14 heavy (non-hydrogen) atoms. The lowest BCUT2D eigenvalue weighted by Crippen LogP contribution is -2.04. The molecule has 7 nitrogen and oxygen atoms in total. The summed E-state index contributed by atoms with van der Waals surface area (Å²) in [7, 11) is 0. The first kappa shape index (κ1) is 8.42. The lowest BCUT2D eigenvalue weighted by atomic mass is 10.2. The Morgan fingerprint density at radius 3 is 2.86 bits per heavy atom. The van der Waals surface area contributed by atoms with Crippen LogP contribution in [0.25, 0.3) is 5.82 Å². The molecule has 0 fully saturated rings. The number of aldehydes is 1. The van der Waals surface area contributed by atoms with Crippen LogP contribution < -0.4 is 0 Å². The van der Waals surface area contributed by atoms with Gasteiger partial charge >= 0.3 is 0 Å². The maximum atomic E-state index is 10.5. The van der Waals surface area contributed by atoms with E-state index in [4.69, 9.17) is 0 Å². The van der Waals surface area contributed by atoms with Crippen molar-refractivity contribution in [2.75, 3.05) is 0 Å². The molecule has 0 aliphatic rings. The van der Waals surface area contributed by atoms with Gasteiger partial charge in [0.2, 0.25) is 0 Å². The summed E-state index contributed by atoms with van der Waals surface area (Å²) in [5, 5.41) is 18.1. The molecule has 0 bridgehead atoms. The monoisotopic (exact) mass is 190 g/mol. The molecule has 0 saturated heterocycles. The van der Waals surface area contributed by atoms with Crippen LogP contribution in [0.3, 0.4) is 0 Å². The quantitative estimate of drug-likeness (QED) is 0.597. The van der Waals surface area contributed by atoms with E-state index < -0.39 is 0 Å². The Hall–Kier alpha value is -2.18. The molecule has 0 atom stereocenters. The molecule has 0 radical (unpaired) electrons. The number of nitrogens with zero attached hydrogens (tertiary/aromatic N) is 6. The van der Waals surface area contributed by atoms with Gasteiger partial charge in [0.15, 0.2) is 12.1 Å². The molecule has 0 N–H and O–H groups in total. The molecule has 0 amide bonds. The van der Waals surface area contributed by atoms with Gasteiger partial charge in [0.05, 0.1) is 0 Å². The number of carbonyl (C=O) groups excluding carboxylic acids is 1. The van der Waals surface area contributed by atoms with E-state index >= 15 is 0 Å². The average Bonchev–Trinajstić information content (AvgIpc) is 2.70. The first-order valence-electron chi connectivity index (χ1n) is 3.84. The van der Waals surface area contributed by atoms with Gasteiger partial charge in [0.1, 0.15) is 12.0 Å². The molecule has 0 aromatic carbocycles. The summed E-state index contributed by atoms with van der Waals surface area (Å²) in [5.74, 6) is 0.484. The zero-order valence-electron chi connectivity index (χ0n) is 7.32. The van der Waals surface area contributed by atoms with Crippen molar-refractivity contribution in [2.24, 2.45) is 0 Å². The minimum Gasteiger partial charge on any atom is -0.296 e. The van der Waals surface area contributed by atoms with E-state index in [0.717, 1.165) is 5.56 Å². The number of rotatable bonds is 2. The van der Waals surface area contributed by atoms with E-state index in [2.05, 4.69) is 25.7 Å². The number of carbonyl (C=O) groups is 1. The van der Waals surface area contributed by atoms with Gasteiger partial charge in [-0.3, -0.25) is 4.79 Å². The highest BCUT2D eigenvalue weighted by molar-refractivity contribution is 5.73. The Bertz CT molecular complexity index is 451. The third-order valence-electron chi connectivity index (χ3n) is 1.71. The molecular weight excluding hydrogens is 184 g/mol. The summed E-state index contributed by atoms with van der Waals surface area (Å²) >= 11 is 0. The standard InChI is InChI=1S/C7H6N6O/c1-5-2-7(10-9-6(5)3-14)13-4-8-11-12-13/h2-4H,1H3. The normalized spacial score (nSPS) is 10.1. The maximum Gasteiger partial charge on any atom is 0.179 e. The summed E-state index contributed by atoms with van der Waals surface area (Å²) in [4.78, 5) is 10.5. The highest BCUT2D eigenvalue weighted by Crippen LogP contribution is 2.05.